The number of benzene rings is 1. The fraction of sp³-hybridized carbons (Fsp3) is 0.538. The number of carbonyl (C=O) groups is 2. The fourth-order valence-corrected chi connectivity index (χ4v) is 5.96. The van der Waals surface area contributed by atoms with Gasteiger partial charge in [-0.05, 0) is 57.4 Å². The summed E-state index contributed by atoms with van der Waals surface area (Å²) in [6.07, 6.45) is 3.26. The summed E-state index contributed by atoms with van der Waals surface area (Å²) in [5.74, 6) is -1.87. The Morgan fingerprint density at radius 2 is 1.82 bits per heavy atom. The van der Waals surface area contributed by atoms with Crippen molar-refractivity contribution in [3.63, 3.8) is 0 Å². The number of halogens is 2. The molecule has 0 amide bonds. The van der Waals surface area contributed by atoms with Crippen LogP contribution in [-0.2, 0) is 4.74 Å². The van der Waals surface area contributed by atoms with Gasteiger partial charge in [0.25, 0.3) is 0 Å². The molecule has 0 saturated heterocycles. The van der Waals surface area contributed by atoms with E-state index in [4.69, 9.17) is 27.9 Å². The maximum atomic E-state index is 14.2. The van der Waals surface area contributed by atoms with E-state index in [1.54, 1.807) is 19.9 Å². The Balaban J connectivity index is 1.97. The highest BCUT2D eigenvalue weighted by atomic mass is 35.5. The van der Waals surface area contributed by atoms with Gasteiger partial charge in [0.15, 0.2) is 17.2 Å². The zero-order chi connectivity index (χ0) is 24.7. The topological polar surface area (TPSA) is 83.8 Å². The molecule has 4 atom stereocenters. The maximum Gasteiger partial charge on any atom is 0.200 e. The van der Waals surface area contributed by atoms with Gasteiger partial charge in [-0.15, -0.1) is 23.2 Å². The van der Waals surface area contributed by atoms with Crippen molar-refractivity contribution in [2.24, 2.45) is 11.3 Å². The number of fused-ring (bicyclic) bond motifs is 2. The third kappa shape index (κ3) is 3.38. The average molecular weight is 493 g/mol. The Morgan fingerprint density at radius 3 is 2.45 bits per heavy atom. The summed E-state index contributed by atoms with van der Waals surface area (Å²) in [4.78, 5) is 27.9. The average Bonchev–Trinajstić information content (AvgIpc) is 2.72. The first-order valence-corrected chi connectivity index (χ1v) is 12.1. The second kappa shape index (κ2) is 7.59. The van der Waals surface area contributed by atoms with Gasteiger partial charge in [0.1, 0.15) is 11.5 Å². The molecule has 0 radical (unpaired) electrons. The minimum Gasteiger partial charge on any atom is -0.508 e. The van der Waals surface area contributed by atoms with Crippen LogP contribution < -0.4 is 0 Å². The molecule has 1 aromatic rings. The van der Waals surface area contributed by atoms with E-state index in [1.807, 2.05) is 13.8 Å². The Morgan fingerprint density at radius 1 is 1.18 bits per heavy atom. The van der Waals surface area contributed by atoms with Crippen molar-refractivity contribution in [3.8, 4) is 11.5 Å². The summed E-state index contributed by atoms with van der Waals surface area (Å²) in [5, 5.41) is 20.2. The standard InChI is InChI=1S/C26H30Cl2O5/c1-12-7-8-18(27)24(3,4)16(12)11-26-15(10-19(28)25(5,6)33-26)22(31)20-14(23(26)32)9-17(29)13(2)21(20)30/h9-10,16,18-19,29-30H,1,7-8,11H2,2-6H3/t16?,18-,19+,26+/m0/s1. The van der Waals surface area contributed by atoms with E-state index in [2.05, 4.69) is 6.58 Å². The van der Waals surface area contributed by atoms with E-state index < -0.39 is 39.3 Å². The van der Waals surface area contributed by atoms with Gasteiger partial charge in [-0.2, -0.15) is 0 Å². The molecule has 0 spiro atoms. The van der Waals surface area contributed by atoms with Crippen LogP contribution in [0.25, 0.3) is 0 Å². The molecule has 1 aliphatic heterocycles. The van der Waals surface area contributed by atoms with Crippen LogP contribution in [-0.4, -0.2) is 43.7 Å². The number of allylic oxidation sites excluding steroid dienone is 1. The molecule has 1 aromatic carbocycles. The normalized spacial score (nSPS) is 32.8. The molecule has 0 bridgehead atoms. The van der Waals surface area contributed by atoms with Gasteiger partial charge >= 0.3 is 0 Å². The first-order valence-electron chi connectivity index (χ1n) is 11.2. The van der Waals surface area contributed by atoms with E-state index in [0.717, 1.165) is 18.4 Å². The zero-order valence-corrected chi connectivity index (χ0v) is 21.1. The first kappa shape index (κ1) is 24.3. The molecule has 5 nitrogen and oxygen atoms in total. The molecule has 7 heteroatoms. The highest BCUT2D eigenvalue weighted by Crippen LogP contribution is 2.55. The van der Waals surface area contributed by atoms with Crippen molar-refractivity contribution in [1.82, 2.24) is 0 Å². The fourth-order valence-electron chi connectivity index (χ4n) is 5.53. The van der Waals surface area contributed by atoms with Crippen LogP contribution >= 0.6 is 23.2 Å². The van der Waals surface area contributed by atoms with Gasteiger partial charge < -0.3 is 14.9 Å². The van der Waals surface area contributed by atoms with Crippen molar-refractivity contribution in [2.45, 2.75) is 75.8 Å². The van der Waals surface area contributed by atoms with E-state index in [0.29, 0.717) is 0 Å². The molecular formula is C26H30Cl2O5. The Hall–Kier alpha value is -1.82. The second-order valence-electron chi connectivity index (χ2n) is 10.7. The number of aromatic hydroxyl groups is 2. The van der Waals surface area contributed by atoms with E-state index in [9.17, 15) is 19.8 Å². The summed E-state index contributed by atoms with van der Waals surface area (Å²) in [5.41, 5.74) is -1.94. The molecule has 2 N–H and O–H groups in total. The van der Waals surface area contributed by atoms with Crippen LogP contribution in [0.2, 0.25) is 0 Å². The number of rotatable bonds is 2. The Bertz CT molecular complexity index is 1120. The monoisotopic (exact) mass is 492 g/mol. The maximum absolute atomic E-state index is 14.2. The molecule has 33 heavy (non-hydrogen) atoms. The van der Waals surface area contributed by atoms with Crippen LogP contribution in [0.4, 0.5) is 0 Å². The number of hydrogen-bond donors (Lipinski definition) is 2. The van der Waals surface area contributed by atoms with E-state index in [-0.39, 0.29) is 45.7 Å². The smallest absolute Gasteiger partial charge is 0.200 e. The van der Waals surface area contributed by atoms with Gasteiger partial charge in [0.05, 0.1) is 16.5 Å². The van der Waals surface area contributed by atoms with Crippen LogP contribution in [0.5, 0.6) is 11.5 Å². The van der Waals surface area contributed by atoms with Crippen LogP contribution in [0.15, 0.2) is 29.9 Å². The molecule has 4 rings (SSSR count). The minimum absolute atomic E-state index is 0.0526. The minimum atomic E-state index is -1.63. The molecular weight excluding hydrogens is 463 g/mol. The van der Waals surface area contributed by atoms with E-state index in [1.165, 1.54) is 13.0 Å². The van der Waals surface area contributed by atoms with Crippen molar-refractivity contribution in [1.29, 1.82) is 0 Å². The van der Waals surface area contributed by atoms with Gasteiger partial charge in [-0.1, -0.05) is 32.1 Å². The molecule has 178 valence electrons. The molecule has 2 aliphatic carbocycles. The summed E-state index contributed by atoms with van der Waals surface area (Å²) in [6, 6.07) is 1.25. The number of carbonyl (C=O) groups excluding carboxylic acids is 2. The number of phenols is 2. The molecule has 0 aromatic heterocycles. The van der Waals surface area contributed by atoms with Gasteiger partial charge in [0, 0.05) is 22.1 Å². The summed E-state index contributed by atoms with van der Waals surface area (Å²) < 4.78 is 6.49. The molecule has 3 aliphatic rings. The second-order valence-corrected chi connectivity index (χ2v) is 11.7. The third-order valence-electron chi connectivity index (χ3n) is 7.87. The van der Waals surface area contributed by atoms with Gasteiger partial charge in [-0.3, -0.25) is 9.59 Å². The van der Waals surface area contributed by atoms with E-state index >= 15 is 0 Å². The highest BCUT2D eigenvalue weighted by molar-refractivity contribution is 6.30. The van der Waals surface area contributed by atoms with Crippen molar-refractivity contribution < 1.29 is 24.5 Å². The zero-order valence-electron chi connectivity index (χ0n) is 19.6. The number of phenolic OH excluding ortho intramolecular Hbond substituents is 2. The quantitative estimate of drug-likeness (QED) is 0.399. The predicted octanol–water partition coefficient (Wildman–Crippen LogP) is 5.86. The van der Waals surface area contributed by atoms with Crippen LogP contribution in [0.3, 0.4) is 0 Å². The lowest BCUT2D eigenvalue weighted by Gasteiger charge is -2.52. The first-order chi connectivity index (χ1) is 15.1. The Kier molecular flexibility index (Phi) is 5.59. The molecule has 1 fully saturated rings. The number of hydrogen-bond acceptors (Lipinski definition) is 5. The highest BCUT2D eigenvalue weighted by Gasteiger charge is 2.60. The summed E-state index contributed by atoms with van der Waals surface area (Å²) >= 11 is 13.3. The van der Waals surface area contributed by atoms with Crippen molar-refractivity contribution >= 4 is 34.8 Å². The SMILES string of the molecule is C=C1CC[C@H](Cl)C(C)(C)C1C[C@@]12OC(C)(C)[C@H](Cl)C=C1C(=O)c1c(cc(O)c(C)c1O)C2=O. The number of alkyl halides is 2. The lowest BCUT2D eigenvalue weighted by atomic mass is 9.59. The van der Waals surface area contributed by atoms with Gasteiger partial charge in [-0.25, -0.2) is 0 Å². The van der Waals surface area contributed by atoms with Crippen molar-refractivity contribution in [2.75, 3.05) is 0 Å². The summed E-state index contributed by atoms with van der Waals surface area (Å²) in [6.45, 7) is 13.4. The summed E-state index contributed by atoms with van der Waals surface area (Å²) in [7, 11) is 0. The van der Waals surface area contributed by atoms with Crippen LogP contribution in [0.1, 0.15) is 73.2 Å². The van der Waals surface area contributed by atoms with Crippen LogP contribution in [0, 0.1) is 18.3 Å². The van der Waals surface area contributed by atoms with Gasteiger partial charge in [0.2, 0.25) is 0 Å². The largest absolute Gasteiger partial charge is 0.508 e. The molecule has 1 heterocycles. The Labute approximate surface area is 204 Å². The molecule has 1 saturated carbocycles. The third-order valence-corrected chi connectivity index (χ3v) is 9.30. The number of ketones is 2. The lowest BCUT2D eigenvalue weighted by Crippen LogP contribution is -2.60. The number of Topliss-reactive ketones (excluding diaryl/α,β-unsaturated/α-hetero) is 2. The predicted molar refractivity (Wildman–Crippen MR) is 129 cm³/mol. The molecule has 1 unspecified atom stereocenters. The number of ether oxygens (including phenoxy) is 1. The lowest BCUT2D eigenvalue weighted by molar-refractivity contribution is -0.116. The van der Waals surface area contributed by atoms with Crippen molar-refractivity contribution in [3.05, 3.63) is 46.6 Å².